The standard InChI is InChI=1S/C7H16N2O3/c1-8-6-7(11)9-2-4-12-5-3-10/h8,10H,2-6H2,1H3,(H,9,11). The summed E-state index contributed by atoms with van der Waals surface area (Å²) >= 11 is 0. The number of carbonyl (C=O) groups excluding carboxylic acids is 1. The fourth-order valence-corrected chi connectivity index (χ4v) is 0.652. The highest BCUT2D eigenvalue weighted by Gasteiger charge is 1.96. The number of amides is 1. The van der Waals surface area contributed by atoms with E-state index >= 15 is 0 Å². The van der Waals surface area contributed by atoms with Crippen molar-refractivity contribution in [2.24, 2.45) is 0 Å². The summed E-state index contributed by atoms with van der Waals surface area (Å²) in [5.41, 5.74) is 0. The highest BCUT2D eigenvalue weighted by atomic mass is 16.5. The Morgan fingerprint density at radius 1 is 1.50 bits per heavy atom. The van der Waals surface area contributed by atoms with Crippen LogP contribution in [0.1, 0.15) is 0 Å². The Morgan fingerprint density at radius 3 is 2.83 bits per heavy atom. The first kappa shape index (κ1) is 11.4. The molecule has 0 aliphatic heterocycles. The van der Waals surface area contributed by atoms with Crippen LogP contribution in [0.4, 0.5) is 0 Å². The minimum atomic E-state index is -0.0508. The summed E-state index contributed by atoms with van der Waals surface area (Å²) in [6.07, 6.45) is 0. The van der Waals surface area contributed by atoms with Gasteiger partial charge in [0.1, 0.15) is 0 Å². The first-order valence-corrected chi connectivity index (χ1v) is 3.91. The molecule has 0 aliphatic carbocycles. The van der Waals surface area contributed by atoms with E-state index in [1.54, 1.807) is 7.05 Å². The average molecular weight is 176 g/mol. The Kier molecular flexibility index (Phi) is 7.99. The summed E-state index contributed by atoms with van der Waals surface area (Å²) in [6, 6.07) is 0. The van der Waals surface area contributed by atoms with Crippen LogP contribution < -0.4 is 10.6 Å². The first-order valence-electron chi connectivity index (χ1n) is 3.91. The van der Waals surface area contributed by atoms with Gasteiger partial charge in [0.2, 0.25) is 5.91 Å². The normalized spacial score (nSPS) is 9.83. The molecule has 0 spiro atoms. The lowest BCUT2D eigenvalue weighted by Crippen LogP contribution is -2.34. The number of hydrogen-bond donors (Lipinski definition) is 3. The molecule has 0 fully saturated rings. The van der Waals surface area contributed by atoms with E-state index in [-0.39, 0.29) is 12.5 Å². The molecule has 12 heavy (non-hydrogen) atoms. The van der Waals surface area contributed by atoms with Crippen molar-refractivity contribution in [2.75, 3.05) is 40.0 Å². The number of aliphatic hydroxyl groups is 1. The predicted molar refractivity (Wildman–Crippen MR) is 44.8 cm³/mol. The zero-order chi connectivity index (χ0) is 9.23. The second kappa shape index (κ2) is 8.45. The van der Waals surface area contributed by atoms with Crippen LogP contribution in [-0.2, 0) is 9.53 Å². The number of nitrogens with one attached hydrogen (secondary N) is 2. The molecular formula is C7H16N2O3. The van der Waals surface area contributed by atoms with Gasteiger partial charge in [-0.15, -0.1) is 0 Å². The number of carbonyl (C=O) groups is 1. The van der Waals surface area contributed by atoms with E-state index in [1.165, 1.54) is 0 Å². The molecule has 1 amide bonds. The predicted octanol–water partition coefficient (Wildman–Crippen LogP) is -1.67. The second-order valence-corrected chi connectivity index (χ2v) is 2.22. The van der Waals surface area contributed by atoms with Gasteiger partial charge in [-0.25, -0.2) is 0 Å². The van der Waals surface area contributed by atoms with Crippen molar-refractivity contribution in [2.45, 2.75) is 0 Å². The number of aliphatic hydroxyl groups excluding tert-OH is 1. The molecule has 0 saturated carbocycles. The highest BCUT2D eigenvalue weighted by molar-refractivity contribution is 5.77. The van der Waals surface area contributed by atoms with Crippen molar-refractivity contribution in [1.82, 2.24) is 10.6 Å². The largest absolute Gasteiger partial charge is 0.394 e. The molecule has 0 unspecified atom stereocenters. The zero-order valence-electron chi connectivity index (χ0n) is 7.30. The van der Waals surface area contributed by atoms with E-state index in [9.17, 15) is 4.79 Å². The van der Waals surface area contributed by atoms with Crippen molar-refractivity contribution in [3.8, 4) is 0 Å². The SMILES string of the molecule is CNCC(=O)NCCOCCO. The lowest BCUT2D eigenvalue weighted by atomic mass is 10.5. The molecule has 0 aromatic rings. The maximum atomic E-state index is 10.8. The number of hydrogen-bond acceptors (Lipinski definition) is 4. The van der Waals surface area contributed by atoms with E-state index in [1.807, 2.05) is 0 Å². The minimum Gasteiger partial charge on any atom is -0.394 e. The molecule has 72 valence electrons. The smallest absolute Gasteiger partial charge is 0.234 e. The van der Waals surface area contributed by atoms with Crippen LogP contribution in [0.15, 0.2) is 0 Å². The number of ether oxygens (including phenoxy) is 1. The Morgan fingerprint density at radius 2 is 2.25 bits per heavy atom. The van der Waals surface area contributed by atoms with Crippen LogP contribution in [0.25, 0.3) is 0 Å². The summed E-state index contributed by atoms with van der Waals surface area (Å²) in [7, 11) is 1.71. The molecule has 5 heteroatoms. The lowest BCUT2D eigenvalue weighted by molar-refractivity contribution is -0.120. The van der Waals surface area contributed by atoms with Crippen LogP contribution in [0.2, 0.25) is 0 Å². The molecule has 0 saturated heterocycles. The molecule has 0 bridgehead atoms. The van der Waals surface area contributed by atoms with Crippen molar-refractivity contribution in [1.29, 1.82) is 0 Å². The van der Waals surface area contributed by atoms with Gasteiger partial charge in [0, 0.05) is 6.54 Å². The zero-order valence-corrected chi connectivity index (χ0v) is 7.30. The lowest BCUT2D eigenvalue weighted by Gasteiger charge is -2.04. The van der Waals surface area contributed by atoms with Gasteiger partial charge >= 0.3 is 0 Å². The molecule has 5 nitrogen and oxygen atoms in total. The second-order valence-electron chi connectivity index (χ2n) is 2.22. The van der Waals surface area contributed by atoms with Gasteiger partial charge in [-0.3, -0.25) is 4.79 Å². The van der Waals surface area contributed by atoms with Crippen molar-refractivity contribution in [3.63, 3.8) is 0 Å². The third-order valence-corrected chi connectivity index (χ3v) is 1.14. The van der Waals surface area contributed by atoms with E-state index in [4.69, 9.17) is 9.84 Å². The van der Waals surface area contributed by atoms with E-state index in [0.29, 0.717) is 26.3 Å². The number of rotatable bonds is 7. The molecule has 0 heterocycles. The highest BCUT2D eigenvalue weighted by Crippen LogP contribution is 1.71. The van der Waals surface area contributed by atoms with Crippen molar-refractivity contribution in [3.05, 3.63) is 0 Å². The van der Waals surface area contributed by atoms with Gasteiger partial charge in [0.15, 0.2) is 0 Å². The van der Waals surface area contributed by atoms with E-state index < -0.39 is 0 Å². The molecule has 0 aromatic carbocycles. The Labute approximate surface area is 72.1 Å². The Bertz CT molecular complexity index is 119. The quantitative estimate of drug-likeness (QED) is 0.406. The van der Waals surface area contributed by atoms with Gasteiger partial charge in [0.05, 0.1) is 26.4 Å². The van der Waals surface area contributed by atoms with Crippen LogP contribution in [0.5, 0.6) is 0 Å². The fourth-order valence-electron chi connectivity index (χ4n) is 0.652. The third-order valence-electron chi connectivity index (χ3n) is 1.14. The average Bonchev–Trinajstić information content (AvgIpc) is 2.05. The van der Waals surface area contributed by atoms with Gasteiger partial charge in [-0.05, 0) is 7.05 Å². The topological polar surface area (TPSA) is 70.6 Å². The maximum Gasteiger partial charge on any atom is 0.234 e. The summed E-state index contributed by atoms with van der Waals surface area (Å²) in [5, 5.41) is 13.7. The molecule has 0 aromatic heterocycles. The summed E-state index contributed by atoms with van der Waals surface area (Å²) in [4.78, 5) is 10.8. The fraction of sp³-hybridized carbons (Fsp3) is 0.857. The molecule has 0 radical (unpaired) electrons. The summed E-state index contributed by atoms with van der Waals surface area (Å²) in [6.45, 7) is 1.59. The minimum absolute atomic E-state index is 0.0183. The van der Waals surface area contributed by atoms with Gasteiger partial charge in [-0.2, -0.15) is 0 Å². The summed E-state index contributed by atoms with van der Waals surface area (Å²) < 4.78 is 4.93. The van der Waals surface area contributed by atoms with Crippen molar-refractivity contribution >= 4 is 5.91 Å². The number of likely N-dealkylation sites (N-methyl/N-ethyl adjacent to an activating group) is 1. The van der Waals surface area contributed by atoms with E-state index in [0.717, 1.165) is 0 Å². The molecule has 0 rings (SSSR count). The van der Waals surface area contributed by atoms with Crippen LogP contribution in [-0.4, -0.2) is 51.0 Å². The molecule has 3 N–H and O–H groups in total. The van der Waals surface area contributed by atoms with Gasteiger partial charge < -0.3 is 20.5 Å². The third kappa shape index (κ3) is 7.46. The van der Waals surface area contributed by atoms with E-state index in [2.05, 4.69) is 10.6 Å². The molecule has 0 aliphatic rings. The summed E-state index contributed by atoms with van der Waals surface area (Å²) in [5.74, 6) is -0.0508. The van der Waals surface area contributed by atoms with Crippen LogP contribution in [0, 0.1) is 0 Å². The van der Waals surface area contributed by atoms with Crippen LogP contribution >= 0.6 is 0 Å². The van der Waals surface area contributed by atoms with Crippen molar-refractivity contribution < 1.29 is 14.6 Å². The first-order chi connectivity index (χ1) is 5.81. The maximum absolute atomic E-state index is 10.8. The Hall–Kier alpha value is -0.650. The molecule has 0 atom stereocenters. The molecular weight excluding hydrogens is 160 g/mol. The monoisotopic (exact) mass is 176 g/mol. The van der Waals surface area contributed by atoms with Gasteiger partial charge in [-0.1, -0.05) is 0 Å². The Balaban J connectivity index is 3.03. The van der Waals surface area contributed by atoms with Gasteiger partial charge in [0.25, 0.3) is 0 Å². The van der Waals surface area contributed by atoms with Crippen LogP contribution in [0.3, 0.4) is 0 Å².